The van der Waals surface area contributed by atoms with Crippen LogP contribution in [0.15, 0.2) is 59.9 Å². The van der Waals surface area contributed by atoms with Gasteiger partial charge in [-0.25, -0.2) is 4.98 Å². The van der Waals surface area contributed by atoms with E-state index in [0.717, 1.165) is 22.5 Å². The van der Waals surface area contributed by atoms with Crippen molar-refractivity contribution >= 4 is 57.3 Å². The van der Waals surface area contributed by atoms with Crippen LogP contribution in [0.4, 0.5) is 5.13 Å². The average molecular weight is 477 g/mol. The second-order valence-corrected chi connectivity index (χ2v) is 9.05. The van der Waals surface area contributed by atoms with Crippen molar-refractivity contribution in [2.45, 2.75) is 11.6 Å². The Bertz CT molecular complexity index is 1140. The van der Waals surface area contributed by atoms with Crippen LogP contribution in [-0.2, 0) is 11.2 Å². The first-order valence-electron chi connectivity index (χ1n) is 8.73. The minimum atomic E-state index is -0.182. The number of aromatic nitrogens is 5. The second kappa shape index (κ2) is 9.57. The number of benzene rings is 2. The van der Waals surface area contributed by atoms with Crippen LogP contribution in [0.5, 0.6) is 0 Å². The maximum absolute atomic E-state index is 12.3. The number of nitrogens with one attached hydrogen (secondary N) is 1. The van der Waals surface area contributed by atoms with Crippen molar-refractivity contribution in [3.05, 3.63) is 75.2 Å². The molecular formula is C19H14Cl2N6OS2. The molecule has 0 saturated carbocycles. The van der Waals surface area contributed by atoms with Crippen molar-refractivity contribution in [2.75, 3.05) is 11.1 Å². The zero-order valence-corrected chi connectivity index (χ0v) is 18.5. The summed E-state index contributed by atoms with van der Waals surface area (Å²) in [7, 11) is 0. The van der Waals surface area contributed by atoms with Crippen molar-refractivity contribution in [2.24, 2.45) is 0 Å². The Balaban J connectivity index is 1.33. The summed E-state index contributed by atoms with van der Waals surface area (Å²) in [6.07, 6.45) is 2.50. The fourth-order valence-electron chi connectivity index (χ4n) is 2.55. The molecule has 2 aromatic carbocycles. The molecular weight excluding hydrogens is 463 g/mol. The molecule has 0 fully saturated rings. The highest BCUT2D eigenvalue weighted by atomic mass is 35.5. The van der Waals surface area contributed by atoms with Gasteiger partial charge in [0.25, 0.3) is 0 Å². The van der Waals surface area contributed by atoms with Gasteiger partial charge in [0.15, 0.2) is 5.13 Å². The Morgan fingerprint density at radius 3 is 2.50 bits per heavy atom. The molecule has 7 nitrogen and oxygen atoms in total. The molecule has 0 aliphatic heterocycles. The molecule has 11 heteroatoms. The van der Waals surface area contributed by atoms with Gasteiger partial charge in [0, 0.05) is 27.5 Å². The van der Waals surface area contributed by atoms with Gasteiger partial charge in [-0.05, 0) is 52.4 Å². The van der Waals surface area contributed by atoms with E-state index in [9.17, 15) is 4.79 Å². The zero-order chi connectivity index (χ0) is 20.9. The van der Waals surface area contributed by atoms with Gasteiger partial charge in [-0.1, -0.05) is 47.1 Å². The standard InChI is InChI=1S/C19H14Cl2N6OS2/c20-13-3-1-12(2-4-13)9-16-10-22-18(30-16)23-17(28)11-29-19-24-25-26-27(19)15-7-5-14(21)6-8-15/h1-8,10H,9,11H2,(H,22,23,28). The lowest BCUT2D eigenvalue weighted by atomic mass is 10.1. The van der Waals surface area contributed by atoms with Gasteiger partial charge in [0.1, 0.15) is 0 Å². The predicted octanol–water partition coefficient (Wildman–Crippen LogP) is 4.75. The lowest BCUT2D eigenvalue weighted by Gasteiger charge is -2.04. The van der Waals surface area contributed by atoms with Crippen LogP contribution in [-0.4, -0.2) is 36.9 Å². The molecule has 30 heavy (non-hydrogen) atoms. The van der Waals surface area contributed by atoms with Crippen molar-refractivity contribution in [1.29, 1.82) is 0 Å². The molecule has 2 aromatic heterocycles. The van der Waals surface area contributed by atoms with E-state index in [4.69, 9.17) is 23.2 Å². The third kappa shape index (κ3) is 5.37. The number of hydrogen-bond acceptors (Lipinski definition) is 7. The van der Waals surface area contributed by atoms with Crippen LogP contribution in [0.25, 0.3) is 5.69 Å². The third-order valence-electron chi connectivity index (χ3n) is 3.94. The highest BCUT2D eigenvalue weighted by molar-refractivity contribution is 7.99. The number of thiazole rings is 1. The molecule has 0 aliphatic rings. The van der Waals surface area contributed by atoms with Crippen LogP contribution in [0, 0.1) is 0 Å². The Labute approximate surface area is 190 Å². The maximum atomic E-state index is 12.3. The minimum Gasteiger partial charge on any atom is -0.301 e. The summed E-state index contributed by atoms with van der Waals surface area (Å²) in [5, 5.41) is 16.9. The van der Waals surface area contributed by atoms with Crippen LogP contribution in [0.1, 0.15) is 10.4 Å². The molecule has 0 bridgehead atoms. The molecule has 2 heterocycles. The Hall–Kier alpha value is -2.46. The molecule has 0 spiro atoms. The number of halogens is 2. The number of thioether (sulfide) groups is 1. The summed E-state index contributed by atoms with van der Waals surface area (Å²) in [5.41, 5.74) is 1.89. The first-order chi connectivity index (χ1) is 14.6. The predicted molar refractivity (Wildman–Crippen MR) is 120 cm³/mol. The number of nitrogens with zero attached hydrogens (tertiary/aromatic N) is 5. The van der Waals surface area contributed by atoms with Gasteiger partial charge in [-0.15, -0.1) is 16.4 Å². The van der Waals surface area contributed by atoms with Crippen LogP contribution >= 0.6 is 46.3 Å². The van der Waals surface area contributed by atoms with E-state index >= 15 is 0 Å². The Morgan fingerprint density at radius 1 is 1.07 bits per heavy atom. The SMILES string of the molecule is O=C(CSc1nnnn1-c1ccc(Cl)cc1)Nc1ncc(Cc2ccc(Cl)cc2)s1. The fourth-order valence-corrected chi connectivity index (χ4v) is 4.35. The minimum absolute atomic E-state index is 0.153. The number of carbonyl (C=O) groups excluding carboxylic acids is 1. The van der Waals surface area contributed by atoms with Gasteiger partial charge in [0.05, 0.1) is 11.4 Å². The molecule has 0 radical (unpaired) electrons. The second-order valence-electron chi connectivity index (χ2n) is 6.12. The molecule has 0 atom stereocenters. The number of anilines is 1. The monoisotopic (exact) mass is 476 g/mol. The topological polar surface area (TPSA) is 85.6 Å². The van der Waals surface area contributed by atoms with Crippen LogP contribution in [0.3, 0.4) is 0 Å². The van der Waals surface area contributed by atoms with E-state index in [1.165, 1.54) is 23.1 Å². The van der Waals surface area contributed by atoms with E-state index in [1.54, 1.807) is 35.1 Å². The van der Waals surface area contributed by atoms with Gasteiger partial charge in [0.2, 0.25) is 11.1 Å². The normalized spacial score (nSPS) is 10.9. The summed E-state index contributed by atoms with van der Waals surface area (Å²) in [6.45, 7) is 0. The molecule has 0 aliphatic carbocycles. The quantitative estimate of drug-likeness (QED) is 0.387. The number of carbonyl (C=O) groups is 1. The average Bonchev–Trinajstić information content (AvgIpc) is 3.38. The molecule has 4 aromatic rings. The number of tetrazole rings is 1. The summed E-state index contributed by atoms with van der Waals surface area (Å²) >= 11 is 14.5. The first-order valence-corrected chi connectivity index (χ1v) is 11.3. The highest BCUT2D eigenvalue weighted by Gasteiger charge is 2.13. The smallest absolute Gasteiger partial charge is 0.236 e. The Kier molecular flexibility index (Phi) is 6.63. The molecule has 1 N–H and O–H groups in total. The molecule has 4 rings (SSSR count). The van der Waals surface area contributed by atoms with Crippen LogP contribution in [0.2, 0.25) is 10.0 Å². The van der Waals surface area contributed by atoms with Crippen LogP contribution < -0.4 is 5.32 Å². The number of rotatable bonds is 7. The molecule has 0 saturated heterocycles. The molecule has 152 valence electrons. The van der Waals surface area contributed by atoms with Crippen molar-refractivity contribution < 1.29 is 4.79 Å². The summed E-state index contributed by atoms with van der Waals surface area (Å²) in [4.78, 5) is 17.7. The van der Waals surface area contributed by atoms with E-state index in [0.29, 0.717) is 20.3 Å². The van der Waals surface area contributed by atoms with Gasteiger partial charge in [-0.3, -0.25) is 4.79 Å². The van der Waals surface area contributed by atoms with Gasteiger partial charge >= 0.3 is 0 Å². The zero-order valence-electron chi connectivity index (χ0n) is 15.3. The maximum Gasteiger partial charge on any atom is 0.236 e. The van der Waals surface area contributed by atoms with Crippen molar-refractivity contribution in [1.82, 2.24) is 25.2 Å². The van der Waals surface area contributed by atoms with E-state index in [2.05, 4.69) is 25.8 Å². The summed E-state index contributed by atoms with van der Waals surface area (Å²) in [5.74, 6) is -0.0295. The van der Waals surface area contributed by atoms with Crippen molar-refractivity contribution in [3.63, 3.8) is 0 Å². The van der Waals surface area contributed by atoms with Gasteiger partial charge < -0.3 is 5.32 Å². The highest BCUT2D eigenvalue weighted by Crippen LogP contribution is 2.23. The van der Waals surface area contributed by atoms with Gasteiger partial charge in [-0.2, -0.15) is 4.68 Å². The lowest BCUT2D eigenvalue weighted by molar-refractivity contribution is -0.113. The van der Waals surface area contributed by atoms with E-state index in [1.807, 2.05) is 24.3 Å². The number of amides is 1. The van der Waals surface area contributed by atoms with Crippen molar-refractivity contribution in [3.8, 4) is 5.69 Å². The largest absolute Gasteiger partial charge is 0.301 e. The third-order valence-corrected chi connectivity index (χ3v) is 6.27. The summed E-state index contributed by atoms with van der Waals surface area (Å²) in [6, 6.07) is 14.8. The summed E-state index contributed by atoms with van der Waals surface area (Å²) < 4.78 is 1.56. The number of hydrogen-bond donors (Lipinski definition) is 1. The fraction of sp³-hybridized carbons (Fsp3) is 0.105. The lowest BCUT2D eigenvalue weighted by Crippen LogP contribution is -2.14. The first kappa shape index (κ1) is 20.8. The van der Waals surface area contributed by atoms with E-state index in [-0.39, 0.29) is 11.7 Å². The molecule has 1 amide bonds. The van der Waals surface area contributed by atoms with E-state index < -0.39 is 0 Å². The Morgan fingerprint density at radius 2 is 1.77 bits per heavy atom. The molecule has 0 unspecified atom stereocenters.